The Bertz CT molecular complexity index is 229. The van der Waals surface area contributed by atoms with Crippen LogP contribution in [-0.4, -0.2) is 30.0 Å². The smallest absolute Gasteiger partial charge is 0.121 e. The molecule has 0 aromatic heterocycles. The number of unbranched alkanes of at least 4 members (excludes halogenated alkanes) is 5. The second-order valence-corrected chi connectivity index (χ2v) is 8.21. The Hall–Kier alpha value is -0.0200. The van der Waals surface area contributed by atoms with Crippen molar-refractivity contribution < 1.29 is 9.53 Å². The number of hydrogen-bond donors (Lipinski definition) is 0. The van der Waals surface area contributed by atoms with Gasteiger partial charge in [-0.05, 0) is 12.8 Å². The Morgan fingerprint density at radius 2 is 1.80 bits per heavy atom. The highest BCUT2D eigenvalue weighted by Gasteiger charge is 2.23. The average molecular weight is 303 g/mol. The number of hydrogen-bond acceptors (Lipinski definition) is 3. The Morgan fingerprint density at radius 3 is 2.40 bits per heavy atom. The number of methoxy groups -OCH3 is 1. The van der Waals surface area contributed by atoms with Crippen LogP contribution in [0.3, 0.4) is 0 Å². The first kappa shape index (κ1) is 20.0. The summed E-state index contributed by atoms with van der Waals surface area (Å²) < 4.78 is 5.37. The van der Waals surface area contributed by atoms with E-state index in [0.717, 1.165) is 19.3 Å². The van der Waals surface area contributed by atoms with E-state index in [1.807, 2.05) is 11.8 Å². The van der Waals surface area contributed by atoms with E-state index in [0.29, 0.717) is 11.7 Å². The number of carbonyl (C=O) groups excluding carboxylic acids is 1. The van der Waals surface area contributed by atoms with Gasteiger partial charge in [0.1, 0.15) is 6.29 Å². The summed E-state index contributed by atoms with van der Waals surface area (Å²) in [4.78, 5) is 10.9. The molecular formula is C17H34O2S. The summed E-state index contributed by atoms with van der Waals surface area (Å²) in [7, 11) is 1.75. The molecule has 0 aromatic rings. The van der Waals surface area contributed by atoms with E-state index in [-0.39, 0.29) is 4.75 Å². The van der Waals surface area contributed by atoms with Crippen molar-refractivity contribution in [2.24, 2.45) is 0 Å². The van der Waals surface area contributed by atoms with Gasteiger partial charge >= 0.3 is 0 Å². The lowest BCUT2D eigenvalue weighted by atomic mass is 10.1. The van der Waals surface area contributed by atoms with E-state index in [1.165, 1.54) is 44.9 Å². The molecule has 0 heterocycles. The van der Waals surface area contributed by atoms with Gasteiger partial charge in [-0.3, -0.25) is 0 Å². The molecule has 0 saturated heterocycles. The number of thioether (sulfide) groups is 1. The third kappa shape index (κ3) is 11.8. The molecule has 0 aliphatic heterocycles. The highest BCUT2D eigenvalue weighted by molar-refractivity contribution is 8.01. The second kappa shape index (κ2) is 12.7. The molecule has 0 aliphatic carbocycles. The maximum Gasteiger partial charge on any atom is 0.121 e. The van der Waals surface area contributed by atoms with Crippen molar-refractivity contribution in [2.75, 3.05) is 13.7 Å². The number of ether oxygens (including phenoxy) is 1. The molecule has 0 amide bonds. The predicted molar refractivity (Wildman–Crippen MR) is 90.6 cm³/mol. The van der Waals surface area contributed by atoms with E-state index in [4.69, 9.17) is 4.74 Å². The molecule has 1 atom stereocenters. The average Bonchev–Trinajstić information content (AvgIpc) is 2.40. The number of rotatable bonds is 14. The van der Waals surface area contributed by atoms with Gasteiger partial charge in [0.15, 0.2) is 0 Å². The molecule has 0 saturated carbocycles. The molecule has 0 N–H and O–H groups in total. The molecule has 0 aliphatic rings. The number of carbonyl (C=O) groups is 1. The van der Waals surface area contributed by atoms with E-state index in [2.05, 4.69) is 20.8 Å². The van der Waals surface area contributed by atoms with Gasteiger partial charge < -0.3 is 9.53 Å². The summed E-state index contributed by atoms with van der Waals surface area (Å²) in [5.41, 5.74) is 0. The fourth-order valence-corrected chi connectivity index (χ4v) is 3.91. The summed E-state index contributed by atoms with van der Waals surface area (Å²) in [5, 5.41) is 0.477. The zero-order valence-electron chi connectivity index (χ0n) is 14.0. The van der Waals surface area contributed by atoms with Gasteiger partial charge in [-0.1, -0.05) is 59.3 Å². The highest BCUT2D eigenvalue weighted by Crippen LogP contribution is 2.35. The Labute approximate surface area is 130 Å². The standard InChI is InChI=1S/C17H34O2S/c1-5-6-7-8-9-10-11-16(12-14-18)20-17(2,3)13-15-19-4/h14,16H,5-13,15H2,1-4H3. The summed E-state index contributed by atoms with van der Waals surface area (Å²) in [6.07, 6.45) is 11.9. The van der Waals surface area contributed by atoms with Gasteiger partial charge in [0.25, 0.3) is 0 Å². The maximum absolute atomic E-state index is 10.9. The maximum atomic E-state index is 10.9. The van der Waals surface area contributed by atoms with Crippen LogP contribution in [0.5, 0.6) is 0 Å². The van der Waals surface area contributed by atoms with Crippen LogP contribution in [0.15, 0.2) is 0 Å². The summed E-state index contributed by atoms with van der Waals surface area (Å²) in [6.45, 7) is 7.56. The highest BCUT2D eigenvalue weighted by atomic mass is 32.2. The van der Waals surface area contributed by atoms with Crippen molar-refractivity contribution in [2.45, 2.75) is 88.6 Å². The summed E-state index contributed by atoms with van der Waals surface area (Å²) >= 11 is 1.97. The molecule has 0 radical (unpaired) electrons. The van der Waals surface area contributed by atoms with Crippen LogP contribution in [0, 0.1) is 0 Å². The lowest BCUT2D eigenvalue weighted by Crippen LogP contribution is -2.22. The van der Waals surface area contributed by atoms with Crippen molar-refractivity contribution >= 4 is 18.0 Å². The summed E-state index contributed by atoms with van der Waals surface area (Å²) in [6, 6.07) is 0. The lowest BCUT2D eigenvalue weighted by molar-refractivity contribution is -0.107. The van der Waals surface area contributed by atoms with Gasteiger partial charge in [-0.2, -0.15) is 11.8 Å². The normalized spacial score (nSPS) is 13.4. The zero-order chi connectivity index (χ0) is 15.3. The predicted octanol–water partition coefficient (Wildman–Crippen LogP) is 5.24. The minimum atomic E-state index is 0.200. The Morgan fingerprint density at radius 1 is 1.15 bits per heavy atom. The summed E-state index contributed by atoms with van der Waals surface area (Å²) in [5.74, 6) is 0. The first-order valence-electron chi connectivity index (χ1n) is 8.16. The number of aldehydes is 1. The molecule has 20 heavy (non-hydrogen) atoms. The van der Waals surface area contributed by atoms with Crippen LogP contribution in [0.1, 0.15) is 78.6 Å². The van der Waals surface area contributed by atoms with Crippen molar-refractivity contribution in [1.29, 1.82) is 0 Å². The third-order valence-corrected chi connectivity index (χ3v) is 5.24. The fraction of sp³-hybridized carbons (Fsp3) is 0.941. The first-order chi connectivity index (χ1) is 9.55. The van der Waals surface area contributed by atoms with Crippen molar-refractivity contribution in [3.05, 3.63) is 0 Å². The van der Waals surface area contributed by atoms with Gasteiger partial charge in [0.05, 0.1) is 0 Å². The van der Waals surface area contributed by atoms with E-state index in [9.17, 15) is 4.79 Å². The van der Waals surface area contributed by atoms with Gasteiger partial charge in [-0.15, -0.1) is 0 Å². The molecule has 0 spiro atoms. The minimum Gasteiger partial charge on any atom is -0.385 e. The Balaban J connectivity index is 3.93. The van der Waals surface area contributed by atoms with Crippen LogP contribution in [0.2, 0.25) is 0 Å². The van der Waals surface area contributed by atoms with Crippen molar-refractivity contribution in [3.63, 3.8) is 0 Å². The molecule has 2 nitrogen and oxygen atoms in total. The minimum absolute atomic E-state index is 0.200. The van der Waals surface area contributed by atoms with Gasteiger partial charge in [0.2, 0.25) is 0 Å². The molecule has 1 unspecified atom stereocenters. The van der Waals surface area contributed by atoms with Crippen LogP contribution in [0.4, 0.5) is 0 Å². The molecule has 0 aromatic carbocycles. The van der Waals surface area contributed by atoms with E-state index in [1.54, 1.807) is 7.11 Å². The van der Waals surface area contributed by atoms with E-state index < -0.39 is 0 Å². The largest absolute Gasteiger partial charge is 0.385 e. The van der Waals surface area contributed by atoms with Crippen molar-refractivity contribution in [3.8, 4) is 0 Å². The second-order valence-electron chi connectivity index (χ2n) is 6.20. The molecule has 0 fully saturated rings. The third-order valence-electron chi connectivity index (χ3n) is 3.63. The van der Waals surface area contributed by atoms with Crippen LogP contribution < -0.4 is 0 Å². The van der Waals surface area contributed by atoms with Gasteiger partial charge in [-0.25, -0.2) is 0 Å². The van der Waals surface area contributed by atoms with E-state index >= 15 is 0 Å². The quantitative estimate of drug-likeness (QED) is 0.324. The van der Waals surface area contributed by atoms with Crippen molar-refractivity contribution in [1.82, 2.24) is 0 Å². The van der Waals surface area contributed by atoms with Gasteiger partial charge in [0, 0.05) is 30.1 Å². The zero-order valence-corrected chi connectivity index (χ0v) is 14.8. The SMILES string of the molecule is CCCCCCCCC(CC=O)SC(C)(C)CCOC. The lowest BCUT2D eigenvalue weighted by Gasteiger charge is -2.28. The molecule has 120 valence electrons. The monoisotopic (exact) mass is 302 g/mol. The molecule has 3 heteroatoms. The Kier molecular flexibility index (Phi) is 12.7. The van der Waals surface area contributed by atoms with Crippen LogP contribution in [0.25, 0.3) is 0 Å². The fourth-order valence-electron chi connectivity index (χ4n) is 2.34. The van der Waals surface area contributed by atoms with Crippen LogP contribution >= 0.6 is 11.8 Å². The topological polar surface area (TPSA) is 26.3 Å². The molecule has 0 bridgehead atoms. The van der Waals surface area contributed by atoms with Crippen LogP contribution in [-0.2, 0) is 9.53 Å². The first-order valence-corrected chi connectivity index (χ1v) is 9.04. The molecule has 0 rings (SSSR count). The molecular weight excluding hydrogens is 268 g/mol.